The molecule has 1 aromatic heterocycles. The number of benzene rings is 1. The van der Waals surface area contributed by atoms with Crippen molar-refractivity contribution in [1.29, 1.82) is 0 Å². The molecule has 7 N–H and O–H groups in total. The van der Waals surface area contributed by atoms with Crippen molar-refractivity contribution < 1.29 is 44.1 Å². The number of ketones is 2. The number of likely N-dealkylation sites (N-methyl/N-ethyl adjacent to an activating group) is 1. The number of aromatic hydroxyl groups is 1. The summed E-state index contributed by atoms with van der Waals surface area (Å²) < 4.78 is 4.85. The van der Waals surface area contributed by atoms with Crippen LogP contribution in [-0.4, -0.2) is 93.7 Å². The van der Waals surface area contributed by atoms with Gasteiger partial charge in [0.05, 0.1) is 17.8 Å². The normalized spacial score (nSPS) is 25.2. The summed E-state index contributed by atoms with van der Waals surface area (Å²) in [6.45, 7) is -0.177. The van der Waals surface area contributed by atoms with E-state index >= 15 is 0 Å². The van der Waals surface area contributed by atoms with Gasteiger partial charge in [-0.2, -0.15) is 0 Å². The van der Waals surface area contributed by atoms with Crippen molar-refractivity contribution in [3.05, 3.63) is 57.7 Å². The monoisotopic (exact) mass is 581 g/mol. The van der Waals surface area contributed by atoms with E-state index in [0.717, 1.165) is 0 Å². The number of nitrogens with two attached hydrogens (primary N) is 1. The lowest BCUT2D eigenvalue weighted by molar-refractivity contribution is -0.153. The maximum atomic E-state index is 14.0. The highest BCUT2D eigenvalue weighted by Crippen LogP contribution is 2.54. The Morgan fingerprint density at radius 1 is 1.19 bits per heavy atom. The molecule has 3 aliphatic carbocycles. The highest BCUT2D eigenvalue weighted by molar-refractivity contribution is 6.24. The Labute approximate surface area is 239 Å². The predicted octanol–water partition coefficient (Wildman–Crippen LogP) is -0.0520. The number of aromatic nitrogens is 1. The lowest BCUT2D eigenvalue weighted by Gasteiger charge is -2.50. The van der Waals surface area contributed by atoms with Gasteiger partial charge in [0.2, 0.25) is 11.5 Å². The number of Topliss-reactive ketones (excluding diaryl/α,β-unsaturated/α-hetero) is 2. The molecule has 42 heavy (non-hydrogen) atoms. The zero-order chi connectivity index (χ0) is 30.8. The Kier molecular flexibility index (Phi) is 6.86. The predicted molar refractivity (Wildman–Crippen MR) is 146 cm³/mol. The fourth-order valence-electron chi connectivity index (χ4n) is 6.48. The number of phenols is 1. The summed E-state index contributed by atoms with van der Waals surface area (Å²) in [7, 11) is 6.58. The van der Waals surface area contributed by atoms with Crippen LogP contribution in [0, 0.1) is 11.8 Å². The largest absolute Gasteiger partial charge is 0.508 e. The molecule has 0 saturated heterocycles. The molecule has 0 unspecified atom stereocenters. The van der Waals surface area contributed by atoms with E-state index in [0.29, 0.717) is 11.3 Å². The second-order valence-corrected chi connectivity index (χ2v) is 11.2. The molecule has 0 bridgehead atoms. The summed E-state index contributed by atoms with van der Waals surface area (Å²) in [6, 6.07) is 1.84. The van der Waals surface area contributed by atoms with Gasteiger partial charge in [0.1, 0.15) is 22.8 Å². The molecule has 4 atom stereocenters. The Hall–Kier alpha value is -4.69. The van der Waals surface area contributed by atoms with Gasteiger partial charge in [0.15, 0.2) is 11.4 Å². The Morgan fingerprint density at radius 3 is 2.45 bits per heavy atom. The summed E-state index contributed by atoms with van der Waals surface area (Å²) in [4.78, 5) is 55.0. The van der Waals surface area contributed by atoms with E-state index in [1.165, 1.54) is 17.2 Å². The van der Waals surface area contributed by atoms with Crippen LogP contribution < -0.4 is 16.0 Å². The molecule has 1 fully saturated rings. The van der Waals surface area contributed by atoms with Crippen LogP contribution in [0.5, 0.6) is 5.75 Å². The first kappa shape index (κ1) is 28.8. The van der Waals surface area contributed by atoms with Crippen molar-refractivity contribution in [1.82, 2.24) is 15.4 Å². The molecule has 1 aromatic carbocycles. The van der Waals surface area contributed by atoms with Crippen LogP contribution in [0.1, 0.15) is 33.7 Å². The Morgan fingerprint density at radius 2 is 1.88 bits per heavy atom. The molecule has 0 aliphatic heterocycles. The van der Waals surface area contributed by atoms with Gasteiger partial charge in [-0.25, -0.2) is 0 Å². The fraction of sp³-hybridized carbons (Fsp3) is 0.393. The maximum Gasteiger partial charge on any atom is 0.290 e. The van der Waals surface area contributed by atoms with Crippen LogP contribution in [0.4, 0.5) is 5.69 Å². The number of anilines is 1. The number of carbonyl (C=O) groups excluding carboxylic acids is 4. The summed E-state index contributed by atoms with van der Waals surface area (Å²) in [5.74, 6) is -7.90. The number of fused-ring (bicyclic) bond motifs is 3. The summed E-state index contributed by atoms with van der Waals surface area (Å²) in [5, 5.41) is 51.7. The number of primary amides is 1. The zero-order valence-electron chi connectivity index (χ0n) is 23.3. The van der Waals surface area contributed by atoms with Gasteiger partial charge in [-0.15, -0.1) is 0 Å². The quantitative estimate of drug-likeness (QED) is 0.247. The molecular formula is C28H31N5O9. The number of nitrogens with one attached hydrogen (secondary N) is 1. The van der Waals surface area contributed by atoms with E-state index in [1.807, 2.05) is 0 Å². The average molecular weight is 582 g/mol. The van der Waals surface area contributed by atoms with Gasteiger partial charge in [-0.1, -0.05) is 5.16 Å². The number of amides is 2. The van der Waals surface area contributed by atoms with Crippen molar-refractivity contribution in [2.45, 2.75) is 31.0 Å². The lowest BCUT2D eigenvalue weighted by atomic mass is 9.57. The summed E-state index contributed by atoms with van der Waals surface area (Å²) >= 11 is 0. The second-order valence-electron chi connectivity index (χ2n) is 11.2. The van der Waals surface area contributed by atoms with E-state index in [2.05, 4.69) is 10.5 Å². The average Bonchev–Trinajstić information content (AvgIpc) is 3.45. The molecule has 1 heterocycles. The third-order valence-electron chi connectivity index (χ3n) is 8.36. The maximum absolute atomic E-state index is 14.0. The number of hydrogen-bond acceptors (Lipinski definition) is 12. The summed E-state index contributed by atoms with van der Waals surface area (Å²) in [5.41, 5.74) is 2.74. The number of aliphatic hydroxyl groups excluding tert-OH is 2. The zero-order valence-corrected chi connectivity index (χ0v) is 23.3. The van der Waals surface area contributed by atoms with E-state index in [1.54, 1.807) is 39.2 Å². The molecule has 14 nitrogen and oxygen atoms in total. The number of hydrogen-bond donors (Lipinski definition) is 6. The highest BCUT2D eigenvalue weighted by Gasteiger charge is 2.64. The van der Waals surface area contributed by atoms with Crippen molar-refractivity contribution in [2.24, 2.45) is 17.6 Å². The van der Waals surface area contributed by atoms with Crippen LogP contribution >= 0.6 is 0 Å². The Balaban J connectivity index is 1.65. The van der Waals surface area contributed by atoms with Crippen LogP contribution in [-0.2, 0) is 27.3 Å². The molecule has 2 aromatic rings. The number of phenolic OH excluding ortho intramolecular Hbond substituents is 1. The van der Waals surface area contributed by atoms with Crippen molar-refractivity contribution in [2.75, 3.05) is 33.1 Å². The summed E-state index contributed by atoms with van der Waals surface area (Å²) in [6.07, 6.45) is 1.42. The van der Waals surface area contributed by atoms with Gasteiger partial charge in [-0.3, -0.25) is 24.1 Å². The minimum atomic E-state index is -2.73. The second kappa shape index (κ2) is 9.99. The van der Waals surface area contributed by atoms with Crippen LogP contribution in [0.25, 0.3) is 5.76 Å². The van der Waals surface area contributed by atoms with Gasteiger partial charge in [0, 0.05) is 49.4 Å². The third-order valence-corrected chi connectivity index (χ3v) is 8.36. The molecule has 14 heteroatoms. The number of rotatable bonds is 6. The van der Waals surface area contributed by atoms with Gasteiger partial charge >= 0.3 is 0 Å². The van der Waals surface area contributed by atoms with Crippen molar-refractivity contribution in [3.8, 4) is 5.75 Å². The molecular weight excluding hydrogens is 550 g/mol. The minimum Gasteiger partial charge on any atom is -0.508 e. The highest BCUT2D eigenvalue weighted by atomic mass is 16.5. The first-order chi connectivity index (χ1) is 19.7. The number of aliphatic hydroxyl groups is 3. The van der Waals surface area contributed by atoms with Gasteiger partial charge in [-0.05, 0) is 44.5 Å². The minimum absolute atomic E-state index is 0.0195. The van der Waals surface area contributed by atoms with Gasteiger partial charge in [0.25, 0.3) is 11.8 Å². The first-order valence-electron chi connectivity index (χ1n) is 13.1. The van der Waals surface area contributed by atoms with Crippen LogP contribution in [0.15, 0.2) is 39.8 Å². The van der Waals surface area contributed by atoms with E-state index in [9.17, 15) is 39.6 Å². The lowest BCUT2D eigenvalue weighted by Crippen LogP contribution is -2.65. The molecule has 0 spiro atoms. The standard InChI is InChI=1S/C28H31N5O9/c1-32(2)15-9-12(10-30-27(40)16-5-6-31-42-16)21(34)18-13(15)7-11-8-14-20(33(3)4)23(36)19(26(29)39)25(38)28(14,41)24(37)17(11)22(18)35/h5-6,9,11,14,20,34-35,38,41H,7-8,10H2,1-4H3,(H2,29,39)(H,30,40)/t11-,14-,20-,28-/m0/s1. The van der Waals surface area contributed by atoms with E-state index in [4.69, 9.17) is 10.3 Å². The molecule has 3 aliphatic rings. The first-order valence-corrected chi connectivity index (χ1v) is 13.1. The van der Waals surface area contributed by atoms with Crippen molar-refractivity contribution in [3.63, 3.8) is 0 Å². The van der Waals surface area contributed by atoms with E-state index in [-0.39, 0.29) is 41.8 Å². The Bertz CT molecular complexity index is 1590. The van der Waals surface area contributed by atoms with Crippen molar-refractivity contribution >= 4 is 34.8 Å². The van der Waals surface area contributed by atoms with E-state index < -0.39 is 69.7 Å². The smallest absolute Gasteiger partial charge is 0.290 e. The number of carbonyl (C=O) groups is 4. The van der Waals surface area contributed by atoms with Gasteiger partial charge < -0.3 is 40.9 Å². The SMILES string of the molecule is CN(C)c1cc(CNC(=O)c2ccno2)c(O)c2c1C[C@H]1C[C@H]3[C@H](N(C)C)C(=O)C(C(N)=O)=C(O)[C@@]3(O)C(=O)C1=C2O. The topological polar surface area (TPSA) is 220 Å². The van der Waals surface area contributed by atoms with Crippen LogP contribution in [0.2, 0.25) is 0 Å². The molecule has 1 saturated carbocycles. The van der Waals surface area contributed by atoms with Crippen LogP contribution in [0.3, 0.4) is 0 Å². The molecule has 5 rings (SSSR count). The molecule has 0 radical (unpaired) electrons. The molecule has 2 amide bonds. The third kappa shape index (κ3) is 4.05. The fourth-order valence-corrected chi connectivity index (χ4v) is 6.48. The molecule has 222 valence electrons. The number of nitrogens with zero attached hydrogens (tertiary/aromatic N) is 3.